The van der Waals surface area contributed by atoms with E-state index in [4.69, 9.17) is 14.5 Å². The lowest BCUT2D eigenvalue weighted by Crippen LogP contribution is -2.27. The maximum Gasteiger partial charge on any atom is 0.209 e. The van der Waals surface area contributed by atoms with Crippen molar-refractivity contribution in [2.24, 2.45) is 0 Å². The number of Topliss-reactive ketones (excluding diaryl/α,β-unsaturated/α-hetero) is 1. The minimum Gasteiger partial charge on any atom is -0.493 e. The number of nitrogens with zero attached hydrogens (tertiary/aromatic N) is 2. The van der Waals surface area contributed by atoms with Gasteiger partial charge in [0.15, 0.2) is 17.3 Å². The number of imidazole rings is 1. The van der Waals surface area contributed by atoms with Gasteiger partial charge < -0.3 is 14.8 Å². The minimum absolute atomic E-state index is 0.0289. The molecule has 0 bridgehead atoms. The molecule has 0 amide bonds. The number of benzene rings is 3. The average molecular weight is 425 g/mol. The van der Waals surface area contributed by atoms with E-state index in [1.807, 2.05) is 84.3 Å². The molecular weight excluding hydrogens is 402 g/mol. The molecule has 4 aromatic rings. The second-order valence-electron chi connectivity index (χ2n) is 7.65. The Kier molecular flexibility index (Phi) is 4.90. The van der Waals surface area contributed by atoms with Crippen molar-refractivity contribution in [2.45, 2.75) is 13.0 Å². The van der Waals surface area contributed by atoms with Crippen LogP contribution >= 0.6 is 0 Å². The maximum atomic E-state index is 13.8. The third kappa shape index (κ3) is 3.12. The summed E-state index contributed by atoms with van der Waals surface area (Å²) in [7, 11) is 3.21. The van der Waals surface area contributed by atoms with Gasteiger partial charge in [-0.3, -0.25) is 9.36 Å². The van der Waals surface area contributed by atoms with Gasteiger partial charge in [-0.15, -0.1) is 0 Å². The highest BCUT2D eigenvalue weighted by Gasteiger charge is 2.33. The van der Waals surface area contributed by atoms with Crippen LogP contribution < -0.4 is 14.8 Å². The number of ketones is 1. The van der Waals surface area contributed by atoms with Crippen molar-refractivity contribution in [3.63, 3.8) is 0 Å². The number of ether oxygens (including phenoxy) is 2. The molecule has 0 fully saturated rings. The number of methoxy groups -OCH3 is 2. The minimum atomic E-state index is -0.396. The lowest BCUT2D eigenvalue weighted by molar-refractivity contribution is 0.102. The Labute approximate surface area is 186 Å². The Hall–Kier alpha value is -4.06. The fourth-order valence-electron chi connectivity index (χ4n) is 4.32. The van der Waals surface area contributed by atoms with E-state index in [9.17, 15) is 4.79 Å². The van der Waals surface area contributed by atoms with Gasteiger partial charge in [-0.05, 0) is 36.8 Å². The fourth-order valence-corrected chi connectivity index (χ4v) is 4.32. The molecule has 5 rings (SSSR count). The number of nitrogens with one attached hydrogen (secondary N) is 1. The number of allylic oxidation sites excluding steroid dienone is 1. The summed E-state index contributed by atoms with van der Waals surface area (Å²) in [5.41, 5.74) is 4.87. The average Bonchev–Trinajstić information content (AvgIpc) is 3.22. The van der Waals surface area contributed by atoms with Gasteiger partial charge in [0.1, 0.15) is 0 Å². The third-order valence-corrected chi connectivity index (χ3v) is 5.87. The molecule has 0 radical (unpaired) electrons. The zero-order valence-electron chi connectivity index (χ0n) is 18.1. The second kappa shape index (κ2) is 7.89. The molecule has 6 nitrogen and oxygen atoms in total. The number of rotatable bonds is 5. The molecule has 1 aromatic heterocycles. The van der Waals surface area contributed by atoms with Crippen LogP contribution in [0.2, 0.25) is 0 Å². The number of aromatic nitrogens is 2. The molecule has 0 saturated carbocycles. The van der Waals surface area contributed by atoms with Gasteiger partial charge in [0, 0.05) is 16.8 Å². The summed E-state index contributed by atoms with van der Waals surface area (Å²) in [6, 6.07) is 22.6. The number of anilines is 1. The summed E-state index contributed by atoms with van der Waals surface area (Å²) in [6.45, 7) is 1.97. The van der Waals surface area contributed by atoms with Gasteiger partial charge in [-0.25, -0.2) is 4.98 Å². The van der Waals surface area contributed by atoms with Gasteiger partial charge >= 0.3 is 0 Å². The summed E-state index contributed by atoms with van der Waals surface area (Å²) in [4.78, 5) is 18.5. The Morgan fingerprint density at radius 1 is 0.938 bits per heavy atom. The number of hydrogen-bond donors (Lipinski definition) is 1. The zero-order valence-corrected chi connectivity index (χ0v) is 18.1. The van der Waals surface area contributed by atoms with E-state index in [0.717, 1.165) is 22.3 Å². The number of hydrogen-bond acceptors (Lipinski definition) is 5. The molecule has 0 saturated heterocycles. The first-order valence-corrected chi connectivity index (χ1v) is 10.4. The van der Waals surface area contributed by atoms with Crippen molar-refractivity contribution in [1.82, 2.24) is 9.55 Å². The topological polar surface area (TPSA) is 65.4 Å². The Morgan fingerprint density at radius 3 is 2.41 bits per heavy atom. The molecule has 1 N–H and O–H groups in total. The van der Waals surface area contributed by atoms with E-state index in [1.165, 1.54) is 0 Å². The van der Waals surface area contributed by atoms with Gasteiger partial charge in [-0.1, -0.05) is 48.5 Å². The van der Waals surface area contributed by atoms with Crippen molar-refractivity contribution in [3.05, 3.63) is 89.5 Å². The molecule has 1 unspecified atom stereocenters. The van der Waals surface area contributed by atoms with Crippen molar-refractivity contribution >= 4 is 28.5 Å². The summed E-state index contributed by atoms with van der Waals surface area (Å²) >= 11 is 0. The predicted octanol–water partition coefficient (Wildman–Crippen LogP) is 5.33. The van der Waals surface area contributed by atoms with Gasteiger partial charge in [-0.2, -0.15) is 0 Å². The molecule has 0 aliphatic carbocycles. The first-order chi connectivity index (χ1) is 15.6. The smallest absolute Gasteiger partial charge is 0.209 e. The molecule has 0 spiro atoms. The Bertz CT molecular complexity index is 1360. The second-order valence-corrected chi connectivity index (χ2v) is 7.65. The quantitative estimate of drug-likeness (QED) is 0.438. The number of carbonyl (C=O) groups excluding carboxylic acids is 1. The van der Waals surface area contributed by atoms with Crippen molar-refractivity contribution in [1.29, 1.82) is 0 Å². The SMILES string of the molecule is COc1ccc(C2Nc3nc4ccccc4n3C(C)=C2C(=O)c2ccccc2)cc1OC. The molecule has 1 aliphatic heterocycles. The number of fused-ring (bicyclic) bond motifs is 3. The molecule has 160 valence electrons. The third-order valence-electron chi connectivity index (χ3n) is 5.87. The summed E-state index contributed by atoms with van der Waals surface area (Å²) in [5.74, 6) is 1.91. The standard InChI is InChI=1S/C26H23N3O3/c1-16-23(25(30)17-9-5-4-6-10-17)24(18-13-14-21(31-2)22(15-18)32-3)28-26-27-19-11-7-8-12-20(19)29(16)26/h4-15,24H,1-3H3,(H,27,28). The van der Waals surface area contributed by atoms with Crippen LogP contribution in [-0.2, 0) is 0 Å². The normalized spacial score (nSPS) is 15.3. The molecule has 32 heavy (non-hydrogen) atoms. The summed E-state index contributed by atoms with van der Waals surface area (Å²) in [6.07, 6.45) is 0. The van der Waals surface area contributed by atoms with Crippen LogP contribution in [0.25, 0.3) is 16.7 Å². The van der Waals surface area contributed by atoms with Crippen LogP contribution in [0, 0.1) is 0 Å². The first-order valence-electron chi connectivity index (χ1n) is 10.4. The summed E-state index contributed by atoms with van der Waals surface area (Å²) in [5, 5.41) is 3.50. The van der Waals surface area contributed by atoms with Crippen LogP contribution in [-0.4, -0.2) is 29.6 Å². The highest BCUT2D eigenvalue weighted by molar-refractivity contribution is 6.14. The van der Waals surface area contributed by atoms with E-state index in [0.29, 0.717) is 28.6 Å². The van der Waals surface area contributed by atoms with Crippen molar-refractivity contribution in [2.75, 3.05) is 19.5 Å². The maximum absolute atomic E-state index is 13.8. The highest BCUT2D eigenvalue weighted by Crippen LogP contribution is 2.41. The molecule has 2 heterocycles. The zero-order chi connectivity index (χ0) is 22.2. The first kappa shape index (κ1) is 19.9. The van der Waals surface area contributed by atoms with Crippen LogP contribution in [0.4, 0.5) is 5.95 Å². The van der Waals surface area contributed by atoms with Crippen LogP contribution in [0.3, 0.4) is 0 Å². The monoisotopic (exact) mass is 425 g/mol. The van der Waals surface area contributed by atoms with E-state index in [-0.39, 0.29) is 5.78 Å². The van der Waals surface area contributed by atoms with E-state index in [2.05, 4.69) is 5.32 Å². The van der Waals surface area contributed by atoms with Crippen molar-refractivity contribution < 1.29 is 14.3 Å². The highest BCUT2D eigenvalue weighted by atomic mass is 16.5. The molecule has 3 aromatic carbocycles. The fraction of sp³-hybridized carbons (Fsp3) is 0.154. The van der Waals surface area contributed by atoms with E-state index < -0.39 is 6.04 Å². The van der Waals surface area contributed by atoms with E-state index >= 15 is 0 Å². The molecule has 1 atom stereocenters. The number of para-hydroxylation sites is 2. The van der Waals surface area contributed by atoms with Gasteiger partial charge in [0.05, 0.1) is 31.3 Å². The van der Waals surface area contributed by atoms with Gasteiger partial charge in [0.25, 0.3) is 0 Å². The largest absolute Gasteiger partial charge is 0.493 e. The van der Waals surface area contributed by atoms with Crippen LogP contribution in [0.5, 0.6) is 11.5 Å². The lowest BCUT2D eigenvalue weighted by Gasteiger charge is -2.30. The molecule has 6 heteroatoms. The van der Waals surface area contributed by atoms with E-state index in [1.54, 1.807) is 14.2 Å². The lowest BCUT2D eigenvalue weighted by atomic mass is 9.89. The Balaban J connectivity index is 1.73. The molecular formula is C26H23N3O3. The Morgan fingerprint density at radius 2 is 1.66 bits per heavy atom. The predicted molar refractivity (Wildman–Crippen MR) is 125 cm³/mol. The van der Waals surface area contributed by atoms with Crippen LogP contribution in [0.1, 0.15) is 28.9 Å². The molecule has 1 aliphatic rings. The number of carbonyl (C=O) groups is 1. The van der Waals surface area contributed by atoms with Crippen molar-refractivity contribution in [3.8, 4) is 11.5 Å². The van der Waals surface area contributed by atoms with Gasteiger partial charge in [0.2, 0.25) is 5.95 Å². The van der Waals surface area contributed by atoms with Crippen LogP contribution in [0.15, 0.2) is 78.4 Å². The summed E-state index contributed by atoms with van der Waals surface area (Å²) < 4.78 is 12.9.